The summed E-state index contributed by atoms with van der Waals surface area (Å²) < 4.78 is 11.0. The third kappa shape index (κ3) is 6.24. The Bertz CT molecular complexity index is 865. The van der Waals surface area contributed by atoms with Crippen molar-refractivity contribution in [2.24, 2.45) is 0 Å². The molecule has 0 radical (unpaired) electrons. The van der Waals surface area contributed by atoms with Crippen LogP contribution in [0.25, 0.3) is 0 Å². The number of ether oxygens (including phenoxy) is 2. The second-order valence-corrected chi connectivity index (χ2v) is 5.91. The molecule has 0 saturated carbocycles. The summed E-state index contributed by atoms with van der Waals surface area (Å²) in [5, 5.41) is 7.75. The topological polar surface area (TPSA) is 106 Å². The van der Waals surface area contributed by atoms with Crippen molar-refractivity contribution in [2.75, 3.05) is 32.1 Å². The molecule has 8 heteroatoms. The van der Waals surface area contributed by atoms with Gasteiger partial charge in [0.2, 0.25) is 5.91 Å². The average Bonchev–Trinajstić information content (AvgIpc) is 2.73. The van der Waals surface area contributed by atoms with Crippen LogP contribution >= 0.6 is 0 Å². The number of amides is 3. The number of anilines is 1. The molecule has 2 aromatic carbocycles. The smallest absolute Gasteiger partial charge is 0.251 e. The Balaban J connectivity index is 1.93. The van der Waals surface area contributed by atoms with E-state index in [2.05, 4.69) is 16.0 Å². The van der Waals surface area contributed by atoms with Crippen LogP contribution in [0.2, 0.25) is 0 Å². The fourth-order valence-electron chi connectivity index (χ4n) is 2.51. The lowest BCUT2D eigenvalue weighted by Crippen LogP contribution is -2.32. The Kier molecular flexibility index (Phi) is 8.02. The Morgan fingerprint density at radius 3 is 2.07 bits per heavy atom. The van der Waals surface area contributed by atoms with Gasteiger partial charge < -0.3 is 25.4 Å². The normalized spacial score (nSPS) is 10.0. The van der Waals surface area contributed by atoms with Gasteiger partial charge in [0.25, 0.3) is 11.8 Å². The number of hydrogen-bond donors (Lipinski definition) is 3. The maximum atomic E-state index is 12.3. The first kappa shape index (κ1) is 21.7. The molecular formula is C21H25N3O5. The first-order valence-electron chi connectivity index (χ1n) is 9.28. The summed E-state index contributed by atoms with van der Waals surface area (Å²) in [6.07, 6.45) is 0. The maximum absolute atomic E-state index is 12.3. The first-order chi connectivity index (χ1) is 14.0. The minimum absolute atomic E-state index is 0.201. The number of hydrogen-bond acceptors (Lipinski definition) is 5. The van der Waals surface area contributed by atoms with E-state index < -0.39 is 5.91 Å². The van der Waals surface area contributed by atoms with Crippen molar-refractivity contribution in [1.29, 1.82) is 0 Å². The Morgan fingerprint density at radius 1 is 0.828 bits per heavy atom. The largest absolute Gasteiger partial charge is 0.490 e. The van der Waals surface area contributed by atoms with Crippen LogP contribution in [0.15, 0.2) is 42.5 Å². The summed E-state index contributed by atoms with van der Waals surface area (Å²) >= 11 is 0. The van der Waals surface area contributed by atoms with Crippen LogP contribution < -0.4 is 25.4 Å². The molecule has 0 aromatic heterocycles. The summed E-state index contributed by atoms with van der Waals surface area (Å²) in [5.41, 5.74) is 1.37. The third-order valence-corrected chi connectivity index (χ3v) is 3.87. The zero-order chi connectivity index (χ0) is 21.2. The van der Waals surface area contributed by atoms with Crippen molar-refractivity contribution < 1.29 is 23.9 Å². The molecule has 0 spiro atoms. The van der Waals surface area contributed by atoms with Crippen molar-refractivity contribution in [1.82, 2.24) is 10.6 Å². The van der Waals surface area contributed by atoms with Crippen LogP contribution in [0.4, 0.5) is 5.69 Å². The Labute approximate surface area is 169 Å². The highest BCUT2D eigenvalue weighted by atomic mass is 16.5. The van der Waals surface area contributed by atoms with E-state index in [0.717, 1.165) is 0 Å². The van der Waals surface area contributed by atoms with Crippen LogP contribution in [0.3, 0.4) is 0 Å². The summed E-state index contributed by atoms with van der Waals surface area (Å²) in [6.45, 7) is 4.42. The molecular weight excluding hydrogens is 374 g/mol. The molecule has 0 fully saturated rings. The minimum atomic E-state index is -0.404. The van der Waals surface area contributed by atoms with E-state index in [1.54, 1.807) is 49.5 Å². The minimum Gasteiger partial charge on any atom is -0.490 e. The summed E-state index contributed by atoms with van der Waals surface area (Å²) in [4.78, 5) is 35.9. The quantitative estimate of drug-likeness (QED) is 0.600. The van der Waals surface area contributed by atoms with Gasteiger partial charge in [0.15, 0.2) is 11.5 Å². The van der Waals surface area contributed by atoms with Crippen molar-refractivity contribution in [3.63, 3.8) is 0 Å². The second kappa shape index (κ2) is 10.7. The molecule has 0 heterocycles. The van der Waals surface area contributed by atoms with Gasteiger partial charge in [-0.3, -0.25) is 14.4 Å². The van der Waals surface area contributed by atoms with Gasteiger partial charge in [-0.2, -0.15) is 0 Å². The van der Waals surface area contributed by atoms with Gasteiger partial charge >= 0.3 is 0 Å². The van der Waals surface area contributed by atoms with E-state index in [1.807, 2.05) is 13.8 Å². The summed E-state index contributed by atoms with van der Waals surface area (Å²) in [5.74, 6) is 0.0320. The summed E-state index contributed by atoms with van der Waals surface area (Å²) in [6, 6.07) is 11.3. The number of nitrogens with one attached hydrogen (secondary N) is 3. The molecule has 3 N–H and O–H groups in total. The standard InChI is InChI=1S/C21H25N3O5/c1-4-28-17-11-8-15(12-18(17)29-5-2)21(27)23-13-19(25)24-16-9-6-14(7-10-16)20(26)22-3/h6-12H,4-5,13H2,1-3H3,(H,22,26)(H,23,27)(H,24,25). The van der Waals surface area contributed by atoms with Gasteiger partial charge in [0, 0.05) is 23.9 Å². The van der Waals surface area contributed by atoms with Crippen molar-refractivity contribution >= 4 is 23.4 Å². The number of carbonyl (C=O) groups excluding carboxylic acids is 3. The molecule has 0 aliphatic heterocycles. The van der Waals surface area contributed by atoms with Crippen molar-refractivity contribution in [3.05, 3.63) is 53.6 Å². The van der Waals surface area contributed by atoms with E-state index >= 15 is 0 Å². The molecule has 0 unspecified atom stereocenters. The molecule has 0 bridgehead atoms. The molecule has 2 aromatic rings. The molecule has 154 valence electrons. The molecule has 3 amide bonds. The van der Waals surface area contributed by atoms with Gasteiger partial charge in [0.1, 0.15) is 0 Å². The van der Waals surface area contributed by atoms with E-state index in [0.29, 0.717) is 41.5 Å². The lowest BCUT2D eigenvalue weighted by atomic mass is 10.2. The zero-order valence-corrected chi connectivity index (χ0v) is 16.7. The van der Waals surface area contributed by atoms with Crippen molar-refractivity contribution in [2.45, 2.75) is 13.8 Å². The molecule has 0 aliphatic carbocycles. The SMILES string of the molecule is CCOc1ccc(C(=O)NCC(=O)Nc2ccc(C(=O)NC)cc2)cc1OCC. The Hall–Kier alpha value is -3.55. The summed E-state index contributed by atoms with van der Waals surface area (Å²) in [7, 11) is 1.54. The Morgan fingerprint density at radius 2 is 1.45 bits per heavy atom. The third-order valence-electron chi connectivity index (χ3n) is 3.87. The van der Waals surface area contributed by atoms with Crippen molar-refractivity contribution in [3.8, 4) is 11.5 Å². The fraction of sp³-hybridized carbons (Fsp3) is 0.286. The predicted octanol–water partition coefficient (Wildman–Crippen LogP) is 2.21. The van der Waals surface area contributed by atoms with Gasteiger partial charge in [-0.1, -0.05) is 0 Å². The zero-order valence-electron chi connectivity index (χ0n) is 16.7. The van der Waals surface area contributed by atoms with Gasteiger partial charge in [-0.05, 0) is 56.3 Å². The molecule has 0 saturated heterocycles. The highest BCUT2D eigenvalue weighted by Crippen LogP contribution is 2.28. The number of benzene rings is 2. The van der Waals surface area contributed by atoms with E-state index in [-0.39, 0.29) is 18.4 Å². The lowest BCUT2D eigenvalue weighted by Gasteiger charge is -2.12. The molecule has 2 rings (SSSR count). The van der Waals surface area contributed by atoms with E-state index in [1.165, 1.54) is 0 Å². The fourth-order valence-corrected chi connectivity index (χ4v) is 2.51. The van der Waals surface area contributed by atoms with Crippen LogP contribution in [0.1, 0.15) is 34.6 Å². The average molecular weight is 399 g/mol. The molecule has 0 aliphatic rings. The predicted molar refractivity (Wildman–Crippen MR) is 110 cm³/mol. The number of rotatable bonds is 9. The highest BCUT2D eigenvalue weighted by Gasteiger charge is 2.13. The maximum Gasteiger partial charge on any atom is 0.251 e. The van der Waals surface area contributed by atoms with E-state index in [9.17, 15) is 14.4 Å². The van der Waals surface area contributed by atoms with Crippen LogP contribution in [0, 0.1) is 0 Å². The molecule has 29 heavy (non-hydrogen) atoms. The number of carbonyl (C=O) groups is 3. The van der Waals surface area contributed by atoms with Gasteiger partial charge in [0.05, 0.1) is 19.8 Å². The molecule has 0 atom stereocenters. The van der Waals surface area contributed by atoms with Gasteiger partial charge in [-0.15, -0.1) is 0 Å². The molecule has 8 nitrogen and oxygen atoms in total. The van der Waals surface area contributed by atoms with Crippen LogP contribution in [-0.2, 0) is 4.79 Å². The monoisotopic (exact) mass is 399 g/mol. The van der Waals surface area contributed by atoms with Crippen LogP contribution in [0.5, 0.6) is 11.5 Å². The highest BCUT2D eigenvalue weighted by molar-refractivity contribution is 6.00. The first-order valence-corrected chi connectivity index (χ1v) is 9.28. The van der Waals surface area contributed by atoms with Gasteiger partial charge in [-0.25, -0.2) is 0 Å². The van der Waals surface area contributed by atoms with Crippen LogP contribution in [-0.4, -0.2) is 44.5 Å². The lowest BCUT2D eigenvalue weighted by molar-refractivity contribution is -0.115. The second-order valence-electron chi connectivity index (χ2n) is 5.91. The van der Waals surface area contributed by atoms with E-state index in [4.69, 9.17) is 9.47 Å².